The van der Waals surface area contributed by atoms with Gasteiger partial charge in [-0.05, 0) is 24.5 Å². The molecule has 0 bridgehead atoms. The van der Waals surface area contributed by atoms with Crippen LogP contribution < -0.4 is 9.64 Å². The quantitative estimate of drug-likeness (QED) is 0.815. The van der Waals surface area contributed by atoms with Crippen LogP contribution in [-0.4, -0.2) is 55.7 Å². The second-order valence-corrected chi connectivity index (χ2v) is 7.71. The number of benzene rings is 1. The van der Waals surface area contributed by atoms with Gasteiger partial charge in [0.2, 0.25) is 5.91 Å². The Hall–Kier alpha value is -2.08. The van der Waals surface area contributed by atoms with Gasteiger partial charge in [-0.2, -0.15) is 0 Å². The van der Waals surface area contributed by atoms with E-state index in [1.165, 1.54) is 25.7 Å². The largest absolute Gasteiger partial charge is 0.476 e. The molecule has 0 aromatic heterocycles. The number of amides is 2. The molecule has 146 valence electrons. The van der Waals surface area contributed by atoms with Crippen molar-refractivity contribution in [1.29, 1.82) is 0 Å². The molecule has 1 saturated carbocycles. The van der Waals surface area contributed by atoms with Crippen molar-refractivity contribution in [2.24, 2.45) is 5.92 Å². The van der Waals surface area contributed by atoms with E-state index in [1.54, 1.807) is 9.80 Å². The predicted molar refractivity (Wildman–Crippen MR) is 102 cm³/mol. The number of carbonyl (C=O) groups excluding carboxylic acids is 2. The zero-order valence-corrected chi connectivity index (χ0v) is 15.8. The smallest absolute Gasteiger partial charge is 0.265 e. The van der Waals surface area contributed by atoms with E-state index in [0.717, 1.165) is 12.1 Å². The first kappa shape index (κ1) is 18.3. The minimum absolute atomic E-state index is 0.0543. The summed E-state index contributed by atoms with van der Waals surface area (Å²) in [6.45, 7) is 2.56. The van der Waals surface area contributed by atoms with Crippen molar-refractivity contribution < 1.29 is 19.1 Å². The lowest BCUT2D eigenvalue weighted by atomic mass is 10.0. The van der Waals surface area contributed by atoms with Gasteiger partial charge in [0, 0.05) is 19.5 Å². The molecule has 27 heavy (non-hydrogen) atoms. The van der Waals surface area contributed by atoms with Crippen molar-refractivity contribution in [3.63, 3.8) is 0 Å². The van der Waals surface area contributed by atoms with Crippen LogP contribution in [0.1, 0.15) is 38.5 Å². The molecular formula is C21H28N2O4. The average Bonchev–Trinajstić information content (AvgIpc) is 3.25. The van der Waals surface area contributed by atoms with E-state index >= 15 is 0 Å². The fourth-order valence-corrected chi connectivity index (χ4v) is 4.35. The molecule has 0 unspecified atom stereocenters. The Morgan fingerprint density at radius 3 is 2.59 bits per heavy atom. The van der Waals surface area contributed by atoms with E-state index in [2.05, 4.69) is 0 Å². The van der Waals surface area contributed by atoms with Crippen LogP contribution in [0.15, 0.2) is 24.3 Å². The van der Waals surface area contributed by atoms with E-state index in [0.29, 0.717) is 44.4 Å². The van der Waals surface area contributed by atoms with Gasteiger partial charge in [-0.25, -0.2) is 0 Å². The SMILES string of the molecule is O=C([C@H]1CN(C(=O)CCC2CCCC2)c2ccccc2O1)N1CCOCC1. The highest BCUT2D eigenvalue weighted by atomic mass is 16.5. The fraction of sp³-hybridized carbons (Fsp3) is 0.619. The molecule has 1 atom stereocenters. The molecule has 4 rings (SSSR count). The molecule has 6 heteroatoms. The number of hydrogen-bond donors (Lipinski definition) is 0. The molecule has 0 radical (unpaired) electrons. The average molecular weight is 372 g/mol. The number of fused-ring (bicyclic) bond motifs is 1. The van der Waals surface area contributed by atoms with Crippen LogP contribution in [-0.2, 0) is 14.3 Å². The van der Waals surface area contributed by atoms with Crippen molar-refractivity contribution in [2.75, 3.05) is 37.7 Å². The summed E-state index contributed by atoms with van der Waals surface area (Å²) in [5, 5.41) is 0. The Morgan fingerprint density at radius 1 is 1.07 bits per heavy atom. The number of morpholine rings is 1. The van der Waals surface area contributed by atoms with Crippen molar-refractivity contribution >= 4 is 17.5 Å². The molecule has 0 N–H and O–H groups in total. The van der Waals surface area contributed by atoms with Gasteiger partial charge >= 0.3 is 0 Å². The number of nitrogens with zero attached hydrogens (tertiary/aromatic N) is 2. The number of carbonyl (C=O) groups is 2. The minimum Gasteiger partial charge on any atom is -0.476 e. The maximum Gasteiger partial charge on any atom is 0.265 e. The third-order valence-corrected chi connectivity index (χ3v) is 5.91. The fourth-order valence-electron chi connectivity index (χ4n) is 4.35. The third kappa shape index (κ3) is 4.10. The molecule has 2 fully saturated rings. The Morgan fingerprint density at radius 2 is 1.81 bits per heavy atom. The van der Waals surface area contributed by atoms with Gasteiger partial charge < -0.3 is 19.3 Å². The van der Waals surface area contributed by atoms with Gasteiger partial charge in [0.05, 0.1) is 25.4 Å². The van der Waals surface area contributed by atoms with E-state index in [1.807, 2.05) is 24.3 Å². The molecule has 1 aromatic rings. The summed E-state index contributed by atoms with van der Waals surface area (Å²) in [6.07, 6.45) is 5.90. The Balaban J connectivity index is 1.47. The summed E-state index contributed by atoms with van der Waals surface area (Å²) in [6, 6.07) is 7.52. The molecule has 2 amide bonds. The second-order valence-electron chi connectivity index (χ2n) is 7.71. The molecule has 2 aliphatic heterocycles. The topological polar surface area (TPSA) is 59.1 Å². The summed E-state index contributed by atoms with van der Waals surface area (Å²) < 4.78 is 11.3. The second kappa shape index (κ2) is 8.30. The van der Waals surface area contributed by atoms with Crippen LogP contribution in [0, 0.1) is 5.92 Å². The van der Waals surface area contributed by atoms with E-state index in [9.17, 15) is 9.59 Å². The molecule has 6 nitrogen and oxygen atoms in total. The van der Waals surface area contributed by atoms with Crippen molar-refractivity contribution in [3.05, 3.63) is 24.3 Å². The predicted octanol–water partition coefficient (Wildman–Crippen LogP) is 2.61. The van der Waals surface area contributed by atoms with Gasteiger partial charge in [0.1, 0.15) is 5.75 Å². The third-order valence-electron chi connectivity index (χ3n) is 5.91. The number of rotatable bonds is 4. The summed E-state index contributed by atoms with van der Waals surface area (Å²) >= 11 is 0. The van der Waals surface area contributed by atoms with Crippen LogP contribution in [0.25, 0.3) is 0 Å². The first-order valence-electron chi connectivity index (χ1n) is 10.1. The van der Waals surface area contributed by atoms with Crippen molar-refractivity contribution in [3.8, 4) is 5.75 Å². The number of hydrogen-bond acceptors (Lipinski definition) is 4. The Labute approximate surface area is 160 Å². The van der Waals surface area contributed by atoms with E-state index in [-0.39, 0.29) is 18.4 Å². The zero-order valence-electron chi connectivity index (χ0n) is 15.8. The minimum atomic E-state index is -0.645. The van der Waals surface area contributed by atoms with Crippen LogP contribution in [0.4, 0.5) is 5.69 Å². The molecule has 1 saturated heterocycles. The van der Waals surface area contributed by atoms with Gasteiger partial charge in [-0.15, -0.1) is 0 Å². The number of para-hydroxylation sites is 2. The maximum atomic E-state index is 13.0. The monoisotopic (exact) mass is 372 g/mol. The maximum absolute atomic E-state index is 13.0. The summed E-state index contributed by atoms with van der Waals surface area (Å²) in [5.74, 6) is 1.33. The van der Waals surface area contributed by atoms with Crippen LogP contribution in [0.2, 0.25) is 0 Å². The van der Waals surface area contributed by atoms with Gasteiger partial charge in [-0.1, -0.05) is 37.8 Å². The lowest BCUT2D eigenvalue weighted by Crippen LogP contribution is -2.54. The molecular weight excluding hydrogens is 344 g/mol. The summed E-state index contributed by atoms with van der Waals surface area (Å²) in [5.41, 5.74) is 0.778. The molecule has 1 aromatic carbocycles. The molecule has 0 spiro atoms. The summed E-state index contributed by atoms with van der Waals surface area (Å²) in [4.78, 5) is 29.4. The van der Waals surface area contributed by atoms with Gasteiger partial charge in [-0.3, -0.25) is 9.59 Å². The number of anilines is 1. The van der Waals surface area contributed by atoms with Crippen LogP contribution >= 0.6 is 0 Å². The van der Waals surface area contributed by atoms with E-state index < -0.39 is 6.10 Å². The number of ether oxygens (including phenoxy) is 2. The summed E-state index contributed by atoms with van der Waals surface area (Å²) in [7, 11) is 0. The lowest BCUT2D eigenvalue weighted by molar-refractivity contribution is -0.142. The van der Waals surface area contributed by atoms with E-state index in [4.69, 9.17) is 9.47 Å². The van der Waals surface area contributed by atoms with Crippen molar-refractivity contribution in [2.45, 2.75) is 44.6 Å². The van der Waals surface area contributed by atoms with Gasteiger partial charge in [0.25, 0.3) is 5.91 Å². The highest BCUT2D eigenvalue weighted by Crippen LogP contribution is 2.35. The van der Waals surface area contributed by atoms with Crippen molar-refractivity contribution in [1.82, 2.24) is 4.90 Å². The standard InChI is InChI=1S/C21H28N2O4/c24-20(10-9-16-5-1-2-6-16)23-15-19(21(25)22-11-13-26-14-12-22)27-18-8-4-3-7-17(18)23/h3-4,7-8,16,19H,1-2,5-6,9-15H2/t19-/m1/s1. The molecule has 1 aliphatic carbocycles. The normalized spacial score (nSPS) is 23.0. The first-order chi connectivity index (χ1) is 13.2. The zero-order chi connectivity index (χ0) is 18.6. The highest BCUT2D eigenvalue weighted by molar-refractivity contribution is 5.97. The Bertz CT molecular complexity index is 681. The first-order valence-corrected chi connectivity index (χ1v) is 10.1. The van der Waals surface area contributed by atoms with Gasteiger partial charge in [0.15, 0.2) is 6.10 Å². The lowest BCUT2D eigenvalue weighted by Gasteiger charge is -2.37. The Kier molecular flexibility index (Phi) is 5.62. The molecule has 2 heterocycles. The van der Waals surface area contributed by atoms with Crippen LogP contribution in [0.5, 0.6) is 5.75 Å². The highest BCUT2D eigenvalue weighted by Gasteiger charge is 2.36. The molecule has 3 aliphatic rings. The van der Waals surface area contributed by atoms with Crippen LogP contribution in [0.3, 0.4) is 0 Å².